The van der Waals surface area contributed by atoms with Gasteiger partial charge in [0, 0.05) is 11.6 Å². The third kappa shape index (κ3) is 2.42. The Balaban J connectivity index is 1.63. The number of furan rings is 1. The lowest BCUT2D eigenvalue weighted by Gasteiger charge is -2.02. The lowest BCUT2D eigenvalue weighted by Crippen LogP contribution is -2.00. The van der Waals surface area contributed by atoms with E-state index in [0.717, 1.165) is 29.0 Å². The molecule has 3 nitrogen and oxygen atoms in total. The van der Waals surface area contributed by atoms with Crippen molar-refractivity contribution in [1.82, 2.24) is 9.78 Å². The first-order valence-electron chi connectivity index (χ1n) is 7.36. The van der Waals surface area contributed by atoms with E-state index in [0.29, 0.717) is 0 Å². The Morgan fingerprint density at radius 2 is 1.91 bits per heavy atom. The Labute approximate surface area is 128 Å². The van der Waals surface area contributed by atoms with Crippen LogP contribution in [0.2, 0.25) is 0 Å². The van der Waals surface area contributed by atoms with Crippen molar-refractivity contribution in [3.05, 3.63) is 78.0 Å². The van der Waals surface area contributed by atoms with Crippen molar-refractivity contribution < 1.29 is 4.42 Å². The third-order valence-electron chi connectivity index (χ3n) is 3.75. The Morgan fingerprint density at radius 3 is 2.77 bits per heavy atom. The van der Waals surface area contributed by atoms with Crippen molar-refractivity contribution in [2.45, 2.75) is 13.5 Å². The van der Waals surface area contributed by atoms with Crippen LogP contribution in [-0.2, 0) is 6.54 Å². The van der Waals surface area contributed by atoms with Gasteiger partial charge in [0.25, 0.3) is 0 Å². The van der Waals surface area contributed by atoms with E-state index < -0.39 is 0 Å². The van der Waals surface area contributed by atoms with E-state index in [1.165, 1.54) is 11.1 Å². The molecule has 0 spiro atoms. The SMILES string of the molecule is Cc1cccc(Cn2ccc(-c3cc4ccccc4o3)n2)c1. The summed E-state index contributed by atoms with van der Waals surface area (Å²) in [4.78, 5) is 0. The Kier molecular flexibility index (Phi) is 3.04. The lowest BCUT2D eigenvalue weighted by atomic mass is 10.1. The van der Waals surface area contributed by atoms with Crippen molar-refractivity contribution >= 4 is 11.0 Å². The maximum absolute atomic E-state index is 5.86. The number of fused-ring (bicyclic) bond motifs is 1. The molecule has 0 saturated heterocycles. The van der Waals surface area contributed by atoms with Crippen LogP contribution in [0.15, 0.2) is 71.3 Å². The lowest BCUT2D eigenvalue weighted by molar-refractivity contribution is 0.621. The van der Waals surface area contributed by atoms with Crippen LogP contribution in [0, 0.1) is 6.92 Å². The second-order valence-corrected chi connectivity index (χ2v) is 5.54. The smallest absolute Gasteiger partial charge is 0.155 e. The zero-order chi connectivity index (χ0) is 14.9. The van der Waals surface area contributed by atoms with E-state index in [-0.39, 0.29) is 0 Å². The molecule has 0 unspecified atom stereocenters. The normalized spacial score (nSPS) is 11.1. The van der Waals surface area contributed by atoms with Crippen molar-refractivity contribution in [2.24, 2.45) is 0 Å². The number of nitrogens with zero attached hydrogens (tertiary/aromatic N) is 2. The number of hydrogen-bond acceptors (Lipinski definition) is 2. The predicted octanol–water partition coefficient (Wildman–Crippen LogP) is 4.65. The molecule has 108 valence electrons. The van der Waals surface area contributed by atoms with Crippen molar-refractivity contribution in [1.29, 1.82) is 0 Å². The molecule has 3 heteroatoms. The first-order valence-corrected chi connectivity index (χ1v) is 7.36. The standard InChI is InChI=1S/C19H16N2O/c1-14-5-4-6-15(11-14)13-21-10-9-17(20-21)19-12-16-7-2-3-8-18(16)22-19/h2-12H,13H2,1H3. The first kappa shape index (κ1) is 12.9. The van der Waals surface area contributed by atoms with E-state index in [4.69, 9.17) is 4.42 Å². The van der Waals surface area contributed by atoms with Gasteiger partial charge in [0.2, 0.25) is 0 Å². The fraction of sp³-hybridized carbons (Fsp3) is 0.105. The maximum atomic E-state index is 5.86. The molecule has 0 aliphatic rings. The Hall–Kier alpha value is -2.81. The van der Waals surface area contributed by atoms with Gasteiger partial charge in [-0.3, -0.25) is 4.68 Å². The minimum atomic E-state index is 0.766. The van der Waals surface area contributed by atoms with Gasteiger partial charge in [0.05, 0.1) is 6.54 Å². The number of rotatable bonds is 3. The van der Waals surface area contributed by atoms with E-state index >= 15 is 0 Å². The molecule has 22 heavy (non-hydrogen) atoms. The molecule has 2 aromatic carbocycles. The summed E-state index contributed by atoms with van der Waals surface area (Å²) in [5.41, 5.74) is 4.27. The van der Waals surface area contributed by atoms with Crippen LogP contribution in [0.4, 0.5) is 0 Å². The summed E-state index contributed by atoms with van der Waals surface area (Å²) >= 11 is 0. The molecule has 0 N–H and O–H groups in total. The van der Waals surface area contributed by atoms with Crippen LogP contribution in [-0.4, -0.2) is 9.78 Å². The quantitative estimate of drug-likeness (QED) is 0.549. The summed E-state index contributed by atoms with van der Waals surface area (Å²) < 4.78 is 7.80. The first-order chi connectivity index (χ1) is 10.8. The summed E-state index contributed by atoms with van der Waals surface area (Å²) in [6, 6.07) is 20.5. The molecule has 0 radical (unpaired) electrons. The van der Waals surface area contributed by atoms with Gasteiger partial charge in [-0.15, -0.1) is 0 Å². The Morgan fingerprint density at radius 1 is 1.00 bits per heavy atom. The van der Waals surface area contributed by atoms with Crippen LogP contribution in [0.5, 0.6) is 0 Å². The number of aromatic nitrogens is 2. The third-order valence-corrected chi connectivity index (χ3v) is 3.75. The topological polar surface area (TPSA) is 31.0 Å². The second kappa shape index (κ2) is 5.19. The molecule has 0 amide bonds. The summed E-state index contributed by atoms with van der Waals surface area (Å²) in [6.45, 7) is 2.87. The van der Waals surface area contributed by atoms with Gasteiger partial charge < -0.3 is 4.42 Å². The zero-order valence-electron chi connectivity index (χ0n) is 12.4. The van der Waals surface area contributed by atoms with Gasteiger partial charge >= 0.3 is 0 Å². The van der Waals surface area contributed by atoms with Gasteiger partial charge in [0.1, 0.15) is 11.3 Å². The van der Waals surface area contributed by atoms with E-state index in [2.05, 4.69) is 36.3 Å². The molecule has 0 aliphatic carbocycles. The minimum Gasteiger partial charge on any atom is -0.454 e. The highest BCUT2D eigenvalue weighted by Crippen LogP contribution is 2.26. The summed E-state index contributed by atoms with van der Waals surface area (Å²) in [5, 5.41) is 5.73. The van der Waals surface area contributed by atoms with Crippen LogP contribution in [0.1, 0.15) is 11.1 Å². The molecular weight excluding hydrogens is 272 g/mol. The van der Waals surface area contributed by atoms with Gasteiger partial charge in [-0.05, 0) is 30.7 Å². The van der Waals surface area contributed by atoms with Crippen LogP contribution in [0.3, 0.4) is 0 Å². The number of aryl methyl sites for hydroxylation is 1. The van der Waals surface area contributed by atoms with Crippen LogP contribution in [0.25, 0.3) is 22.4 Å². The van der Waals surface area contributed by atoms with Gasteiger partial charge in [0.15, 0.2) is 5.76 Å². The molecule has 0 saturated carbocycles. The van der Waals surface area contributed by atoms with Gasteiger partial charge in [-0.1, -0.05) is 48.0 Å². The highest BCUT2D eigenvalue weighted by Gasteiger charge is 2.09. The zero-order valence-corrected chi connectivity index (χ0v) is 12.4. The number of benzene rings is 2. The van der Waals surface area contributed by atoms with Crippen molar-refractivity contribution in [3.8, 4) is 11.5 Å². The minimum absolute atomic E-state index is 0.766. The molecule has 0 fully saturated rings. The summed E-state index contributed by atoms with van der Waals surface area (Å²) in [7, 11) is 0. The monoisotopic (exact) mass is 288 g/mol. The number of para-hydroxylation sites is 1. The highest BCUT2D eigenvalue weighted by molar-refractivity contribution is 5.81. The van der Waals surface area contributed by atoms with E-state index in [1.54, 1.807) is 0 Å². The number of hydrogen-bond donors (Lipinski definition) is 0. The molecule has 4 rings (SSSR count). The molecule has 2 heterocycles. The predicted molar refractivity (Wildman–Crippen MR) is 87.7 cm³/mol. The van der Waals surface area contributed by atoms with Crippen LogP contribution < -0.4 is 0 Å². The highest BCUT2D eigenvalue weighted by atomic mass is 16.3. The fourth-order valence-corrected chi connectivity index (χ4v) is 2.69. The maximum Gasteiger partial charge on any atom is 0.155 e. The average Bonchev–Trinajstić information content (AvgIpc) is 3.13. The van der Waals surface area contributed by atoms with Gasteiger partial charge in [-0.2, -0.15) is 5.10 Å². The molecule has 0 aliphatic heterocycles. The van der Waals surface area contributed by atoms with Crippen LogP contribution >= 0.6 is 0 Å². The van der Waals surface area contributed by atoms with E-state index in [1.807, 2.05) is 47.3 Å². The van der Waals surface area contributed by atoms with Crippen molar-refractivity contribution in [3.63, 3.8) is 0 Å². The average molecular weight is 288 g/mol. The molecule has 0 atom stereocenters. The molecule has 2 aromatic heterocycles. The molecule has 0 bridgehead atoms. The largest absolute Gasteiger partial charge is 0.454 e. The van der Waals surface area contributed by atoms with E-state index in [9.17, 15) is 0 Å². The molecule has 4 aromatic rings. The second-order valence-electron chi connectivity index (χ2n) is 5.54. The summed E-state index contributed by atoms with van der Waals surface area (Å²) in [5.74, 6) is 0.809. The molecular formula is C19H16N2O. The van der Waals surface area contributed by atoms with Crippen molar-refractivity contribution in [2.75, 3.05) is 0 Å². The Bertz CT molecular complexity index is 900. The van der Waals surface area contributed by atoms with Gasteiger partial charge in [-0.25, -0.2) is 0 Å². The summed E-state index contributed by atoms with van der Waals surface area (Å²) in [6.07, 6.45) is 1.99. The fourth-order valence-electron chi connectivity index (χ4n) is 2.69.